The van der Waals surface area contributed by atoms with E-state index in [0.717, 1.165) is 50.5 Å². The van der Waals surface area contributed by atoms with Crippen molar-refractivity contribution in [3.63, 3.8) is 0 Å². The Morgan fingerprint density at radius 2 is 2.17 bits per heavy atom. The van der Waals surface area contributed by atoms with Crippen LogP contribution in [-0.4, -0.2) is 47.5 Å². The van der Waals surface area contributed by atoms with Crippen molar-refractivity contribution in [1.82, 2.24) is 20.4 Å². The van der Waals surface area contributed by atoms with Gasteiger partial charge in [-0.15, -0.1) is 11.3 Å². The predicted molar refractivity (Wildman–Crippen MR) is 113 cm³/mol. The second-order valence-corrected chi connectivity index (χ2v) is 7.57. The molecule has 3 aromatic heterocycles. The van der Waals surface area contributed by atoms with Crippen molar-refractivity contribution in [3.8, 4) is 21.1 Å². The lowest BCUT2D eigenvalue weighted by Gasteiger charge is -2.27. The van der Waals surface area contributed by atoms with Crippen LogP contribution in [0.25, 0.3) is 21.1 Å². The lowest BCUT2D eigenvalue weighted by atomic mass is 10.0. The molecule has 0 spiro atoms. The summed E-state index contributed by atoms with van der Waals surface area (Å²) in [7, 11) is 3.32. The Kier molecular flexibility index (Phi) is 5.22. The van der Waals surface area contributed by atoms with E-state index in [9.17, 15) is 4.79 Å². The van der Waals surface area contributed by atoms with E-state index in [1.54, 1.807) is 23.7 Å². The number of hydrazone groups is 1. The lowest BCUT2D eigenvalue weighted by molar-refractivity contribution is 0.171. The Morgan fingerprint density at radius 3 is 2.93 bits per heavy atom. The van der Waals surface area contributed by atoms with Crippen molar-refractivity contribution in [2.24, 2.45) is 5.10 Å². The minimum atomic E-state index is -0.603. The summed E-state index contributed by atoms with van der Waals surface area (Å²) in [5, 5.41) is 5.13. The van der Waals surface area contributed by atoms with Crippen LogP contribution in [0, 0.1) is 6.92 Å². The number of methoxy groups -OCH3 is 1. The zero-order valence-corrected chi connectivity index (χ0v) is 17.2. The number of hydrogen-bond acceptors (Lipinski definition) is 8. The first-order valence-electron chi connectivity index (χ1n) is 9.08. The third-order valence-corrected chi connectivity index (χ3v) is 5.88. The normalized spacial score (nSPS) is 14.6. The summed E-state index contributed by atoms with van der Waals surface area (Å²) in [6.45, 7) is 2.77. The number of fused-ring (bicyclic) bond motifs is 1. The van der Waals surface area contributed by atoms with E-state index in [1.165, 1.54) is 7.11 Å². The largest absolute Gasteiger partial charge is 0.452 e. The number of anilines is 1. The van der Waals surface area contributed by atoms with E-state index in [4.69, 9.17) is 9.97 Å². The van der Waals surface area contributed by atoms with Gasteiger partial charge < -0.3 is 9.64 Å². The molecule has 148 valence electrons. The number of ether oxygens (including phenoxy) is 1. The molecule has 4 heterocycles. The lowest BCUT2D eigenvalue weighted by Crippen LogP contribution is -2.31. The summed E-state index contributed by atoms with van der Waals surface area (Å²) >= 11 is 1.58. The molecule has 0 radical (unpaired) electrons. The first kappa shape index (κ1) is 19.0. The van der Waals surface area contributed by atoms with E-state index in [0.29, 0.717) is 6.42 Å². The molecular formula is C20H20N6O2S. The minimum Gasteiger partial charge on any atom is -0.452 e. The molecule has 1 aliphatic rings. The molecule has 0 aliphatic carbocycles. The Morgan fingerprint density at radius 1 is 1.31 bits per heavy atom. The average Bonchev–Trinajstić information content (AvgIpc) is 3.15. The van der Waals surface area contributed by atoms with Gasteiger partial charge in [0.2, 0.25) is 0 Å². The highest BCUT2D eigenvalue weighted by atomic mass is 32.1. The van der Waals surface area contributed by atoms with E-state index < -0.39 is 6.09 Å². The molecule has 0 saturated carbocycles. The van der Waals surface area contributed by atoms with Crippen LogP contribution >= 0.6 is 11.3 Å². The highest BCUT2D eigenvalue weighted by molar-refractivity contribution is 7.18. The Labute approximate surface area is 172 Å². The van der Waals surface area contributed by atoms with Crippen LogP contribution in [0.3, 0.4) is 0 Å². The Balaban J connectivity index is 1.74. The number of amides is 1. The summed E-state index contributed by atoms with van der Waals surface area (Å²) in [6.07, 6.45) is 3.62. The molecule has 1 N–H and O–H groups in total. The molecule has 3 aromatic rings. The van der Waals surface area contributed by atoms with Gasteiger partial charge in [0, 0.05) is 38.0 Å². The van der Waals surface area contributed by atoms with Crippen LogP contribution in [0.1, 0.15) is 17.8 Å². The van der Waals surface area contributed by atoms with Gasteiger partial charge in [-0.1, -0.05) is 0 Å². The van der Waals surface area contributed by atoms with Gasteiger partial charge in [0.1, 0.15) is 10.7 Å². The number of nitrogens with zero attached hydrogens (tertiary/aromatic N) is 5. The Bertz CT molecular complexity index is 1080. The molecule has 4 rings (SSSR count). The smallest absolute Gasteiger partial charge is 0.427 e. The van der Waals surface area contributed by atoms with Crippen LogP contribution in [0.4, 0.5) is 10.5 Å². The summed E-state index contributed by atoms with van der Waals surface area (Å²) in [5.41, 5.74) is 7.58. The first-order valence-corrected chi connectivity index (χ1v) is 9.89. The van der Waals surface area contributed by atoms with Crippen molar-refractivity contribution >= 4 is 28.8 Å². The van der Waals surface area contributed by atoms with Gasteiger partial charge in [-0.2, -0.15) is 5.10 Å². The molecule has 0 saturated heterocycles. The van der Waals surface area contributed by atoms with E-state index in [2.05, 4.69) is 25.1 Å². The van der Waals surface area contributed by atoms with Crippen molar-refractivity contribution < 1.29 is 9.53 Å². The predicted octanol–water partition coefficient (Wildman–Crippen LogP) is 3.48. The fraction of sp³-hybridized carbons (Fsp3) is 0.250. The molecule has 29 heavy (non-hydrogen) atoms. The molecule has 9 heteroatoms. The average molecular weight is 408 g/mol. The van der Waals surface area contributed by atoms with Crippen molar-refractivity contribution in [1.29, 1.82) is 0 Å². The quantitative estimate of drug-likeness (QED) is 0.667. The maximum absolute atomic E-state index is 11.4. The van der Waals surface area contributed by atoms with E-state index in [1.807, 2.05) is 38.2 Å². The van der Waals surface area contributed by atoms with Crippen molar-refractivity contribution in [2.45, 2.75) is 13.3 Å². The standard InChI is InChI=1S/C20H20N6O2S/c1-12-18(29-19(22-12)13-5-4-9-21-11-13)15-6-7-16-17(23-15)14(8-10-26(16)2)24-25-20(27)28-3/h4-7,9,11H,8,10H2,1-3H3,(H,25,27). The van der Waals surface area contributed by atoms with Gasteiger partial charge in [-0.3, -0.25) is 4.98 Å². The van der Waals surface area contributed by atoms with Crippen LogP contribution in [0.2, 0.25) is 0 Å². The SMILES string of the molecule is COC(=O)NN=C1CCN(C)c2ccc(-c3sc(-c4cccnc4)nc3C)nc21. The number of nitrogens with one attached hydrogen (secondary N) is 1. The summed E-state index contributed by atoms with van der Waals surface area (Å²) in [5.74, 6) is 0. The third kappa shape index (κ3) is 3.81. The second kappa shape index (κ2) is 7.96. The summed E-state index contributed by atoms with van der Waals surface area (Å²) in [4.78, 5) is 28.3. The Hall–Kier alpha value is -3.33. The van der Waals surface area contributed by atoms with Gasteiger partial charge in [0.15, 0.2) is 0 Å². The topological polar surface area (TPSA) is 92.6 Å². The highest BCUT2D eigenvalue weighted by Gasteiger charge is 2.23. The number of aromatic nitrogens is 3. The molecule has 1 amide bonds. The number of carbonyl (C=O) groups is 1. The van der Waals surface area contributed by atoms with Gasteiger partial charge >= 0.3 is 6.09 Å². The van der Waals surface area contributed by atoms with Crippen LogP contribution in [0.15, 0.2) is 41.8 Å². The molecule has 0 aromatic carbocycles. The minimum absolute atomic E-state index is 0.603. The van der Waals surface area contributed by atoms with E-state index in [-0.39, 0.29) is 0 Å². The zero-order valence-electron chi connectivity index (χ0n) is 16.3. The zero-order chi connectivity index (χ0) is 20.4. The molecular weight excluding hydrogens is 388 g/mol. The number of thiazole rings is 1. The van der Waals surface area contributed by atoms with Crippen molar-refractivity contribution in [3.05, 3.63) is 48.0 Å². The number of carbonyl (C=O) groups excluding carboxylic acids is 1. The summed E-state index contributed by atoms with van der Waals surface area (Å²) in [6, 6.07) is 7.93. The monoisotopic (exact) mass is 408 g/mol. The molecule has 0 unspecified atom stereocenters. The highest BCUT2D eigenvalue weighted by Crippen LogP contribution is 2.36. The van der Waals surface area contributed by atoms with E-state index >= 15 is 0 Å². The number of hydrogen-bond donors (Lipinski definition) is 1. The molecule has 0 atom stereocenters. The second-order valence-electron chi connectivity index (χ2n) is 6.57. The fourth-order valence-corrected chi connectivity index (χ4v) is 4.15. The van der Waals surface area contributed by atoms with Crippen LogP contribution < -0.4 is 10.3 Å². The number of aryl methyl sites for hydroxylation is 1. The molecule has 8 nitrogen and oxygen atoms in total. The fourth-order valence-electron chi connectivity index (χ4n) is 3.13. The maximum atomic E-state index is 11.4. The molecule has 0 bridgehead atoms. The van der Waals surface area contributed by atoms with Gasteiger partial charge in [0.05, 0.1) is 34.8 Å². The van der Waals surface area contributed by atoms with Crippen molar-refractivity contribution in [2.75, 3.05) is 25.6 Å². The molecule has 1 aliphatic heterocycles. The number of rotatable bonds is 3. The van der Waals surface area contributed by atoms with Crippen LogP contribution in [0.5, 0.6) is 0 Å². The van der Waals surface area contributed by atoms with Gasteiger partial charge in [-0.05, 0) is 31.2 Å². The van der Waals surface area contributed by atoms with Gasteiger partial charge in [-0.25, -0.2) is 20.2 Å². The number of pyridine rings is 2. The third-order valence-electron chi connectivity index (χ3n) is 4.65. The summed E-state index contributed by atoms with van der Waals surface area (Å²) < 4.78 is 4.60. The first-order chi connectivity index (χ1) is 14.1. The maximum Gasteiger partial charge on any atom is 0.427 e. The molecule has 0 fully saturated rings. The van der Waals surface area contributed by atoms with Gasteiger partial charge in [0.25, 0.3) is 0 Å². The van der Waals surface area contributed by atoms with Crippen LogP contribution in [-0.2, 0) is 4.74 Å².